The van der Waals surface area contributed by atoms with E-state index in [-0.39, 0.29) is 32.0 Å². The van der Waals surface area contributed by atoms with E-state index in [0.717, 1.165) is 17.5 Å². The summed E-state index contributed by atoms with van der Waals surface area (Å²) < 4.78 is 6.46. The molecule has 0 radical (unpaired) electrons. The van der Waals surface area contributed by atoms with Crippen molar-refractivity contribution in [2.75, 3.05) is 17.2 Å². The molecule has 0 fully saturated rings. The molecule has 0 aliphatic carbocycles. The summed E-state index contributed by atoms with van der Waals surface area (Å²) in [5, 5.41) is 17.5. The molecule has 0 saturated heterocycles. The van der Waals surface area contributed by atoms with E-state index in [1.54, 1.807) is 24.5 Å². The first-order valence-corrected chi connectivity index (χ1v) is 12.2. The van der Waals surface area contributed by atoms with Crippen LogP contribution in [0, 0.1) is 0 Å². The van der Waals surface area contributed by atoms with E-state index >= 15 is 0 Å². The Balaban J connectivity index is 1.63. The van der Waals surface area contributed by atoms with Crippen LogP contribution in [-0.4, -0.2) is 55.2 Å². The third-order valence-electron chi connectivity index (χ3n) is 5.36. The highest BCUT2D eigenvalue weighted by molar-refractivity contribution is 5.89. The number of nitrogens with one attached hydrogen (secondary N) is 4. The van der Waals surface area contributed by atoms with Gasteiger partial charge in [0, 0.05) is 43.7 Å². The molecule has 0 bridgehead atoms. The van der Waals surface area contributed by atoms with Gasteiger partial charge in [-0.3, -0.25) is 19.5 Å². The van der Waals surface area contributed by atoms with Crippen LogP contribution in [-0.2, 0) is 33.9 Å². The van der Waals surface area contributed by atoms with Crippen LogP contribution in [0.2, 0.25) is 0 Å². The molecule has 0 spiro atoms. The number of ether oxygens (including phenoxy) is 1. The van der Waals surface area contributed by atoms with Crippen molar-refractivity contribution in [3.63, 3.8) is 0 Å². The zero-order valence-corrected chi connectivity index (χ0v) is 21.0. The lowest BCUT2D eigenvalue weighted by Gasteiger charge is -2.19. The number of alkyl carbamates (subject to hydrolysis) is 1. The number of carboxylic acids is 1. The number of aliphatic carboxylic acids is 1. The lowest BCUT2D eigenvalue weighted by molar-refractivity contribution is -0.137. The van der Waals surface area contributed by atoms with Crippen molar-refractivity contribution in [1.82, 2.24) is 24.8 Å². The molecule has 13 nitrogen and oxygen atoms in total. The SMILES string of the molecule is CCCc1cn(CC(CC(=O)O)NC(=O)OCc2ccccc2)c(=O)nc1NCCC(=O)Nc1ncc[nH]1. The van der Waals surface area contributed by atoms with E-state index in [2.05, 4.69) is 30.9 Å². The third kappa shape index (κ3) is 9.08. The molecule has 38 heavy (non-hydrogen) atoms. The minimum absolute atomic E-state index is 0.0223. The normalized spacial score (nSPS) is 11.4. The summed E-state index contributed by atoms with van der Waals surface area (Å²) in [5.41, 5.74) is 0.880. The molecule has 202 valence electrons. The molecule has 5 N–H and O–H groups in total. The molecule has 2 amide bonds. The van der Waals surface area contributed by atoms with Crippen molar-refractivity contribution < 1.29 is 24.2 Å². The average molecular weight is 526 g/mol. The van der Waals surface area contributed by atoms with Gasteiger partial charge in [0.05, 0.1) is 12.5 Å². The highest BCUT2D eigenvalue weighted by Gasteiger charge is 2.20. The number of amides is 2. The minimum atomic E-state index is -1.14. The third-order valence-corrected chi connectivity index (χ3v) is 5.36. The molecule has 1 aromatic carbocycles. The zero-order valence-electron chi connectivity index (χ0n) is 21.0. The summed E-state index contributed by atoms with van der Waals surface area (Å²) >= 11 is 0. The number of hydrogen-bond acceptors (Lipinski definition) is 8. The lowest BCUT2D eigenvalue weighted by Crippen LogP contribution is -2.42. The van der Waals surface area contributed by atoms with Gasteiger partial charge in [0.15, 0.2) is 0 Å². The van der Waals surface area contributed by atoms with E-state index in [9.17, 15) is 24.3 Å². The number of carboxylic acid groups (broad SMARTS) is 1. The van der Waals surface area contributed by atoms with Crippen LogP contribution in [0.4, 0.5) is 16.6 Å². The van der Waals surface area contributed by atoms with Crippen molar-refractivity contribution in [3.05, 3.63) is 70.5 Å². The standard InChI is InChI=1S/C25H31N7O6/c1-2-6-18-14-32(24(36)31-22(18)26-10-9-20(33)30-23-27-11-12-28-23)15-19(13-21(34)35)29-25(37)38-16-17-7-4-3-5-8-17/h3-5,7-8,11-12,14,19H,2,6,9-10,13,15-16H2,1H3,(H,29,37)(H,34,35)(H,26,31,36)(H2,27,28,30,33). The van der Waals surface area contributed by atoms with Crippen LogP contribution in [0.3, 0.4) is 0 Å². The number of aryl methyl sites for hydroxylation is 1. The molecule has 0 aliphatic heterocycles. The van der Waals surface area contributed by atoms with Gasteiger partial charge in [0.2, 0.25) is 11.9 Å². The Hall–Kier alpha value is -4.68. The molecule has 2 aromatic heterocycles. The number of rotatable bonds is 14. The first-order valence-electron chi connectivity index (χ1n) is 12.2. The van der Waals surface area contributed by atoms with Gasteiger partial charge >= 0.3 is 17.8 Å². The number of carbonyl (C=O) groups is 3. The van der Waals surface area contributed by atoms with Gasteiger partial charge in [-0.2, -0.15) is 4.98 Å². The van der Waals surface area contributed by atoms with Crippen LogP contribution in [0.5, 0.6) is 0 Å². The molecular formula is C25H31N7O6. The first kappa shape index (κ1) is 27.9. The first-order chi connectivity index (χ1) is 18.3. The Labute approximate surface area is 218 Å². The zero-order chi connectivity index (χ0) is 27.3. The maximum Gasteiger partial charge on any atom is 0.407 e. The van der Waals surface area contributed by atoms with E-state index in [0.29, 0.717) is 18.2 Å². The fourth-order valence-electron chi connectivity index (χ4n) is 3.64. The maximum absolute atomic E-state index is 12.8. The Bertz CT molecular complexity index is 1260. The number of H-pyrrole nitrogens is 1. The highest BCUT2D eigenvalue weighted by Crippen LogP contribution is 2.13. The topological polar surface area (TPSA) is 180 Å². The van der Waals surface area contributed by atoms with Crippen molar-refractivity contribution in [1.29, 1.82) is 0 Å². The number of aromatic nitrogens is 4. The van der Waals surface area contributed by atoms with Gasteiger partial charge in [0.25, 0.3) is 0 Å². The highest BCUT2D eigenvalue weighted by atomic mass is 16.5. The maximum atomic E-state index is 12.8. The summed E-state index contributed by atoms with van der Waals surface area (Å²) in [6.07, 6.45) is 4.97. The van der Waals surface area contributed by atoms with E-state index in [4.69, 9.17) is 4.74 Å². The molecule has 2 heterocycles. The lowest BCUT2D eigenvalue weighted by atomic mass is 10.1. The van der Waals surface area contributed by atoms with Crippen molar-refractivity contribution >= 4 is 29.7 Å². The fourth-order valence-corrected chi connectivity index (χ4v) is 3.64. The number of anilines is 2. The smallest absolute Gasteiger partial charge is 0.407 e. The van der Waals surface area contributed by atoms with Gasteiger partial charge in [-0.05, 0) is 12.0 Å². The van der Waals surface area contributed by atoms with Crippen LogP contribution in [0.15, 0.2) is 53.7 Å². The summed E-state index contributed by atoms with van der Waals surface area (Å²) in [5.74, 6) is -0.710. The largest absolute Gasteiger partial charge is 0.481 e. The number of benzene rings is 1. The van der Waals surface area contributed by atoms with Gasteiger partial charge in [-0.15, -0.1) is 0 Å². The van der Waals surface area contributed by atoms with Crippen molar-refractivity contribution in [2.24, 2.45) is 0 Å². The molecule has 13 heteroatoms. The molecular weight excluding hydrogens is 494 g/mol. The molecule has 1 atom stereocenters. The monoisotopic (exact) mass is 525 g/mol. The molecule has 0 saturated carbocycles. The van der Waals surface area contributed by atoms with Crippen LogP contribution >= 0.6 is 0 Å². The number of hydrogen-bond donors (Lipinski definition) is 5. The van der Waals surface area contributed by atoms with E-state index in [1.165, 1.54) is 10.8 Å². The van der Waals surface area contributed by atoms with Gasteiger partial charge in [-0.1, -0.05) is 43.7 Å². The predicted octanol–water partition coefficient (Wildman–Crippen LogP) is 2.13. The minimum Gasteiger partial charge on any atom is -0.481 e. The van der Waals surface area contributed by atoms with Gasteiger partial charge in [-0.25, -0.2) is 14.6 Å². The van der Waals surface area contributed by atoms with Crippen LogP contribution < -0.4 is 21.6 Å². The van der Waals surface area contributed by atoms with E-state index < -0.39 is 30.2 Å². The number of imidazole rings is 1. The van der Waals surface area contributed by atoms with E-state index in [1.807, 2.05) is 25.1 Å². The summed E-state index contributed by atoms with van der Waals surface area (Å²) in [7, 11) is 0. The Morgan fingerprint density at radius 1 is 1.21 bits per heavy atom. The van der Waals surface area contributed by atoms with Crippen molar-refractivity contribution in [2.45, 2.75) is 51.8 Å². The Morgan fingerprint density at radius 2 is 2.00 bits per heavy atom. The van der Waals surface area contributed by atoms with Gasteiger partial charge in [0.1, 0.15) is 12.4 Å². The van der Waals surface area contributed by atoms with Crippen molar-refractivity contribution in [3.8, 4) is 0 Å². The molecule has 3 aromatic rings. The number of aromatic amines is 1. The molecule has 3 rings (SSSR count). The Kier molecular flexibility index (Phi) is 10.4. The van der Waals surface area contributed by atoms with Gasteiger partial charge < -0.3 is 25.5 Å². The Morgan fingerprint density at radius 3 is 2.68 bits per heavy atom. The second-order valence-electron chi connectivity index (χ2n) is 8.46. The summed E-state index contributed by atoms with van der Waals surface area (Å²) in [6, 6.07) is 8.14. The fraction of sp³-hybridized carbons (Fsp3) is 0.360. The number of carbonyl (C=O) groups excluding carboxylic acids is 2. The summed E-state index contributed by atoms with van der Waals surface area (Å²) in [6.45, 7) is 2.11. The second kappa shape index (κ2) is 14.2. The second-order valence-corrected chi connectivity index (χ2v) is 8.46. The van der Waals surface area contributed by atoms with Crippen LogP contribution in [0.25, 0.3) is 0 Å². The molecule has 1 unspecified atom stereocenters. The molecule has 0 aliphatic rings. The quantitative estimate of drug-likeness (QED) is 0.211. The number of nitrogens with zero attached hydrogens (tertiary/aromatic N) is 3. The average Bonchev–Trinajstić information content (AvgIpc) is 3.38. The predicted molar refractivity (Wildman–Crippen MR) is 139 cm³/mol. The summed E-state index contributed by atoms with van der Waals surface area (Å²) in [4.78, 5) is 59.3. The van der Waals surface area contributed by atoms with Crippen LogP contribution in [0.1, 0.15) is 37.3 Å².